The van der Waals surface area contributed by atoms with Gasteiger partial charge in [0.2, 0.25) is 0 Å². The van der Waals surface area contributed by atoms with E-state index in [1.54, 1.807) is 18.2 Å². The van der Waals surface area contributed by atoms with Crippen LogP contribution in [0.2, 0.25) is 0 Å². The maximum absolute atomic E-state index is 8.22. The number of aliphatic hydroxyl groups is 1. The van der Waals surface area contributed by atoms with E-state index < -0.39 is 0 Å². The fourth-order valence-electron chi connectivity index (χ4n) is 0.182. The first-order valence-electron chi connectivity index (χ1n) is 1.47. The smallest absolute Gasteiger partial charge is 0.115 e. The summed E-state index contributed by atoms with van der Waals surface area (Å²) in [6, 6.07) is 0. The van der Waals surface area contributed by atoms with Crippen LogP contribution in [0.4, 0.5) is 0 Å². The fraction of sp³-hybridized carbons (Fsp3) is 0. The third-order valence-electron chi connectivity index (χ3n) is 0.534. The van der Waals surface area contributed by atoms with E-state index in [1.807, 2.05) is 0 Å². The highest BCUT2D eigenvalue weighted by Gasteiger charge is 1.86. The van der Waals surface area contributed by atoms with Gasteiger partial charge in [-0.1, -0.05) is 6.08 Å². The Morgan fingerprint density at radius 3 is 2.00 bits per heavy atom. The predicted molar refractivity (Wildman–Crippen MR) is 19.9 cm³/mol. The Balaban J connectivity index is 2.60. The quantitative estimate of drug-likeness (QED) is 0.449. The summed E-state index contributed by atoms with van der Waals surface area (Å²) in [5, 5.41) is 8.22. The number of hydrogen-bond donors (Lipinski definition) is 1. The molecule has 1 nitrogen and oxygen atoms in total. The van der Waals surface area contributed by atoms with Gasteiger partial charge in [0.05, 0.1) is 0 Å². The summed E-state index contributed by atoms with van der Waals surface area (Å²) in [6.07, 6.45) is 5.06. The predicted octanol–water partition coefficient (Wildman–Crippen LogP) is 0.998. The lowest BCUT2D eigenvalue weighted by atomic mass is 10.3. The van der Waals surface area contributed by atoms with Crippen LogP contribution in [0.15, 0.2) is 24.0 Å². The highest BCUT2D eigenvalue weighted by Crippen LogP contribution is 1.99. The average molecular weight is 68.1 g/mol. The van der Waals surface area contributed by atoms with E-state index in [0.717, 1.165) is 0 Å². The summed E-state index contributed by atoms with van der Waals surface area (Å²) in [5.41, 5.74) is 0. The Hall–Kier alpha value is -0.720. The van der Waals surface area contributed by atoms with E-state index in [0.29, 0.717) is 5.76 Å². The Morgan fingerprint density at radius 2 is 2.00 bits per heavy atom. The monoisotopic (exact) mass is 68.0 g/mol. The van der Waals surface area contributed by atoms with Gasteiger partial charge < -0.3 is 5.11 Å². The van der Waals surface area contributed by atoms with Gasteiger partial charge in [0.25, 0.3) is 0 Å². The third-order valence-corrected chi connectivity index (χ3v) is 0.534. The second-order valence-electron chi connectivity index (χ2n) is 0.951. The molecule has 1 aliphatic carbocycles. The average Bonchev–Trinajstić information content (AvgIpc) is 1.30. The minimum Gasteiger partial charge on any atom is -0.508 e. The first-order chi connectivity index (χ1) is 2.39. The zero-order chi connectivity index (χ0) is 3.70. The minimum atomic E-state index is 0.380. The normalized spacial score (nSPS) is 17.2. The van der Waals surface area contributed by atoms with Gasteiger partial charge in [0, 0.05) is 0 Å². The molecule has 5 heavy (non-hydrogen) atoms. The van der Waals surface area contributed by atoms with Gasteiger partial charge in [-0.15, -0.1) is 0 Å². The van der Waals surface area contributed by atoms with Gasteiger partial charge >= 0.3 is 0 Å². The zero-order valence-corrected chi connectivity index (χ0v) is 2.68. The van der Waals surface area contributed by atoms with Crippen molar-refractivity contribution in [3.63, 3.8) is 0 Å². The van der Waals surface area contributed by atoms with Gasteiger partial charge in [-0.3, -0.25) is 0 Å². The van der Waals surface area contributed by atoms with E-state index in [2.05, 4.69) is 0 Å². The molecule has 0 amide bonds. The first-order valence-corrected chi connectivity index (χ1v) is 1.47. The highest BCUT2D eigenvalue weighted by atomic mass is 16.3. The Kier molecular flexibility index (Phi) is 0.307. The van der Waals surface area contributed by atoms with Crippen LogP contribution in [0.5, 0.6) is 0 Å². The Bertz CT molecular complexity index is 89.8. The van der Waals surface area contributed by atoms with Gasteiger partial charge in [-0.2, -0.15) is 0 Å². The van der Waals surface area contributed by atoms with Crippen LogP contribution in [0.3, 0.4) is 0 Å². The maximum atomic E-state index is 8.22. The second-order valence-corrected chi connectivity index (χ2v) is 0.951. The van der Waals surface area contributed by atoms with Gasteiger partial charge in [0.15, 0.2) is 0 Å². The molecule has 0 aliphatic heterocycles. The molecule has 0 radical (unpaired) electrons. The van der Waals surface area contributed by atoms with Crippen molar-refractivity contribution < 1.29 is 5.11 Å². The van der Waals surface area contributed by atoms with Crippen LogP contribution in [0.1, 0.15) is 0 Å². The highest BCUT2D eigenvalue weighted by molar-refractivity contribution is 5.28. The number of rotatable bonds is 0. The van der Waals surface area contributed by atoms with Crippen molar-refractivity contribution in [1.82, 2.24) is 0 Å². The van der Waals surface area contributed by atoms with Crippen molar-refractivity contribution in [2.45, 2.75) is 0 Å². The molecule has 0 fully saturated rings. The second kappa shape index (κ2) is 0.612. The van der Waals surface area contributed by atoms with Crippen molar-refractivity contribution in [2.75, 3.05) is 0 Å². The van der Waals surface area contributed by atoms with Crippen LogP contribution in [-0.4, -0.2) is 5.11 Å². The first kappa shape index (κ1) is 2.51. The lowest BCUT2D eigenvalue weighted by Crippen LogP contribution is -1.77. The molecule has 1 heteroatoms. The molecule has 1 rings (SSSR count). The van der Waals surface area contributed by atoms with Crippen molar-refractivity contribution in [3.8, 4) is 0 Å². The SMILES string of the molecule is OC1=CC=C1. The molecule has 0 atom stereocenters. The van der Waals surface area contributed by atoms with Gasteiger partial charge in [-0.05, 0) is 12.2 Å². The van der Waals surface area contributed by atoms with Crippen LogP contribution >= 0.6 is 0 Å². The Labute approximate surface area is 30.2 Å². The molecule has 26 valence electrons. The largest absolute Gasteiger partial charge is 0.508 e. The van der Waals surface area contributed by atoms with Gasteiger partial charge in [-0.25, -0.2) is 0 Å². The molecule has 0 unspecified atom stereocenters. The Morgan fingerprint density at radius 1 is 1.60 bits per heavy atom. The maximum Gasteiger partial charge on any atom is 0.115 e. The summed E-state index contributed by atoms with van der Waals surface area (Å²) >= 11 is 0. The summed E-state index contributed by atoms with van der Waals surface area (Å²) in [6.45, 7) is 0. The molecule has 0 saturated heterocycles. The topological polar surface area (TPSA) is 20.2 Å². The summed E-state index contributed by atoms with van der Waals surface area (Å²) < 4.78 is 0. The summed E-state index contributed by atoms with van der Waals surface area (Å²) in [4.78, 5) is 0. The molecule has 0 aromatic carbocycles. The number of allylic oxidation sites excluding steroid dienone is 3. The molecule has 0 spiro atoms. The van der Waals surface area contributed by atoms with E-state index in [1.165, 1.54) is 0 Å². The van der Waals surface area contributed by atoms with Crippen LogP contribution in [0.25, 0.3) is 0 Å². The van der Waals surface area contributed by atoms with Crippen LogP contribution in [0, 0.1) is 0 Å². The summed E-state index contributed by atoms with van der Waals surface area (Å²) in [7, 11) is 0. The van der Waals surface area contributed by atoms with E-state index >= 15 is 0 Å². The third kappa shape index (κ3) is 0.193. The molecule has 0 saturated carbocycles. The van der Waals surface area contributed by atoms with E-state index in [-0.39, 0.29) is 0 Å². The van der Waals surface area contributed by atoms with E-state index in [9.17, 15) is 0 Å². The van der Waals surface area contributed by atoms with E-state index in [4.69, 9.17) is 5.11 Å². The lowest BCUT2D eigenvalue weighted by Gasteiger charge is -1.91. The van der Waals surface area contributed by atoms with Crippen molar-refractivity contribution in [3.05, 3.63) is 24.0 Å². The number of hydrogen-bond acceptors (Lipinski definition) is 1. The fourth-order valence-corrected chi connectivity index (χ4v) is 0.182. The summed E-state index contributed by atoms with van der Waals surface area (Å²) in [5.74, 6) is 0.380. The van der Waals surface area contributed by atoms with Crippen molar-refractivity contribution in [1.29, 1.82) is 0 Å². The molecule has 1 N–H and O–H groups in total. The van der Waals surface area contributed by atoms with Crippen LogP contribution < -0.4 is 0 Å². The standard InChI is InChI=1S/C4H4O/c5-4-2-1-3-4/h1-3,5H. The van der Waals surface area contributed by atoms with Crippen molar-refractivity contribution in [2.24, 2.45) is 0 Å². The minimum absolute atomic E-state index is 0.380. The molecule has 0 aromatic rings. The molecule has 1 aliphatic rings. The van der Waals surface area contributed by atoms with Crippen molar-refractivity contribution >= 4 is 0 Å². The van der Waals surface area contributed by atoms with Gasteiger partial charge in [0.1, 0.15) is 5.76 Å². The number of aliphatic hydroxyl groups excluding tert-OH is 1. The molecule has 0 heterocycles. The molecule has 0 aromatic heterocycles. The molecule has 0 bridgehead atoms. The lowest BCUT2D eigenvalue weighted by molar-refractivity contribution is 0.427. The zero-order valence-electron chi connectivity index (χ0n) is 2.68. The molecular weight excluding hydrogens is 64.0 g/mol. The van der Waals surface area contributed by atoms with Crippen LogP contribution in [-0.2, 0) is 0 Å². The molecular formula is C4H4O.